The number of nitrogens with one attached hydrogen (secondary N) is 1. The maximum absolute atomic E-state index is 6.46. The first-order chi connectivity index (χ1) is 7.85. The second kappa shape index (κ2) is 6.02. The van der Waals surface area contributed by atoms with Crippen LogP contribution in [-0.2, 0) is 4.74 Å². The first kappa shape index (κ1) is 12.4. The minimum absolute atomic E-state index is 0.262. The average molecular weight is 225 g/mol. The predicted octanol–water partition coefficient (Wildman–Crippen LogP) is 3.26. The van der Waals surface area contributed by atoms with Gasteiger partial charge in [0.15, 0.2) is 0 Å². The summed E-state index contributed by atoms with van der Waals surface area (Å²) in [4.78, 5) is 0. The molecule has 2 rings (SSSR count). The zero-order chi connectivity index (χ0) is 11.3. The lowest BCUT2D eigenvalue weighted by atomic mass is 9.77. The highest BCUT2D eigenvalue weighted by atomic mass is 16.5. The van der Waals surface area contributed by atoms with Gasteiger partial charge in [0.2, 0.25) is 0 Å². The molecule has 0 heterocycles. The zero-order valence-electron chi connectivity index (χ0n) is 10.8. The first-order valence-corrected chi connectivity index (χ1v) is 7.17. The molecular formula is C14H27NO. The minimum atomic E-state index is 0.262. The Hall–Kier alpha value is -0.0800. The van der Waals surface area contributed by atoms with Crippen LogP contribution >= 0.6 is 0 Å². The molecule has 94 valence electrons. The van der Waals surface area contributed by atoms with E-state index < -0.39 is 0 Å². The molecule has 2 heteroatoms. The van der Waals surface area contributed by atoms with Crippen molar-refractivity contribution in [2.45, 2.75) is 75.9 Å². The Balaban J connectivity index is 1.80. The molecule has 0 unspecified atom stereocenters. The molecule has 0 aliphatic heterocycles. The Morgan fingerprint density at radius 3 is 2.25 bits per heavy atom. The van der Waals surface area contributed by atoms with Gasteiger partial charge in [-0.3, -0.25) is 0 Å². The van der Waals surface area contributed by atoms with E-state index in [1.807, 2.05) is 7.05 Å². The summed E-state index contributed by atoms with van der Waals surface area (Å²) in [5.74, 6) is 0. The van der Waals surface area contributed by atoms with Gasteiger partial charge in [-0.05, 0) is 52.1 Å². The minimum Gasteiger partial charge on any atom is -0.372 e. The van der Waals surface area contributed by atoms with Crippen LogP contribution in [0.3, 0.4) is 0 Å². The van der Waals surface area contributed by atoms with Crippen molar-refractivity contribution in [2.75, 3.05) is 13.6 Å². The Kier molecular flexibility index (Phi) is 4.66. The van der Waals surface area contributed by atoms with Crippen LogP contribution in [0.1, 0.15) is 64.2 Å². The van der Waals surface area contributed by atoms with Gasteiger partial charge in [0.1, 0.15) is 0 Å². The number of ether oxygens (including phenoxy) is 1. The molecule has 2 aliphatic rings. The van der Waals surface area contributed by atoms with Crippen LogP contribution in [0.2, 0.25) is 0 Å². The first-order valence-electron chi connectivity index (χ1n) is 7.17. The van der Waals surface area contributed by atoms with E-state index in [1.54, 1.807) is 0 Å². The van der Waals surface area contributed by atoms with Crippen molar-refractivity contribution in [3.8, 4) is 0 Å². The molecule has 2 aliphatic carbocycles. The standard InChI is InChI=1S/C14H27NO/c1-15-12-11-14(9-6-10-14)16-13-7-4-2-3-5-8-13/h13,15H,2-12H2,1H3. The fourth-order valence-corrected chi connectivity index (χ4v) is 3.06. The SMILES string of the molecule is CNCCC1(OC2CCCCCC2)CCC1. The largest absolute Gasteiger partial charge is 0.372 e. The van der Waals surface area contributed by atoms with Crippen LogP contribution in [0, 0.1) is 0 Å². The van der Waals surface area contributed by atoms with Crippen LogP contribution in [0.5, 0.6) is 0 Å². The molecule has 16 heavy (non-hydrogen) atoms. The van der Waals surface area contributed by atoms with Gasteiger partial charge in [0.05, 0.1) is 11.7 Å². The van der Waals surface area contributed by atoms with Crippen LogP contribution in [-0.4, -0.2) is 25.3 Å². The normalized spacial score (nSPS) is 26.1. The van der Waals surface area contributed by atoms with Crippen LogP contribution in [0.15, 0.2) is 0 Å². The summed E-state index contributed by atoms with van der Waals surface area (Å²) < 4.78 is 6.46. The average Bonchev–Trinajstić information content (AvgIpc) is 2.50. The van der Waals surface area contributed by atoms with Gasteiger partial charge in [-0.15, -0.1) is 0 Å². The summed E-state index contributed by atoms with van der Waals surface area (Å²) >= 11 is 0. The summed E-state index contributed by atoms with van der Waals surface area (Å²) in [5, 5.41) is 3.26. The number of hydrogen-bond donors (Lipinski definition) is 1. The molecule has 0 radical (unpaired) electrons. The lowest BCUT2D eigenvalue weighted by molar-refractivity contribution is -0.146. The third-order valence-corrected chi connectivity index (χ3v) is 4.31. The fourth-order valence-electron chi connectivity index (χ4n) is 3.06. The molecule has 0 bridgehead atoms. The highest BCUT2D eigenvalue weighted by molar-refractivity contribution is 4.91. The van der Waals surface area contributed by atoms with E-state index in [4.69, 9.17) is 4.74 Å². The zero-order valence-corrected chi connectivity index (χ0v) is 10.8. The second-order valence-electron chi connectivity index (χ2n) is 5.62. The third-order valence-electron chi connectivity index (χ3n) is 4.31. The third kappa shape index (κ3) is 3.21. The van der Waals surface area contributed by atoms with E-state index in [0.29, 0.717) is 6.10 Å². The molecule has 1 N–H and O–H groups in total. The quantitative estimate of drug-likeness (QED) is 0.725. The Morgan fingerprint density at radius 2 is 1.75 bits per heavy atom. The smallest absolute Gasteiger partial charge is 0.0698 e. The van der Waals surface area contributed by atoms with Crippen molar-refractivity contribution in [1.82, 2.24) is 5.32 Å². The lowest BCUT2D eigenvalue weighted by Crippen LogP contribution is -2.45. The molecule has 0 aromatic carbocycles. The molecule has 0 atom stereocenters. The van der Waals surface area contributed by atoms with Crippen molar-refractivity contribution < 1.29 is 4.74 Å². The molecule has 0 spiro atoms. The van der Waals surface area contributed by atoms with Crippen molar-refractivity contribution in [1.29, 1.82) is 0 Å². The summed E-state index contributed by atoms with van der Waals surface area (Å²) in [6.07, 6.45) is 14.0. The molecule has 2 nitrogen and oxygen atoms in total. The second-order valence-corrected chi connectivity index (χ2v) is 5.62. The van der Waals surface area contributed by atoms with Crippen molar-refractivity contribution in [3.63, 3.8) is 0 Å². The van der Waals surface area contributed by atoms with Crippen molar-refractivity contribution in [3.05, 3.63) is 0 Å². The van der Waals surface area contributed by atoms with E-state index in [2.05, 4.69) is 5.32 Å². The Morgan fingerprint density at radius 1 is 1.06 bits per heavy atom. The van der Waals surface area contributed by atoms with Crippen molar-refractivity contribution >= 4 is 0 Å². The van der Waals surface area contributed by atoms with E-state index in [1.165, 1.54) is 64.2 Å². The molecule has 0 aromatic rings. The Labute approximate surface area is 100 Å². The summed E-state index contributed by atoms with van der Waals surface area (Å²) in [7, 11) is 2.04. The topological polar surface area (TPSA) is 21.3 Å². The maximum Gasteiger partial charge on any atom is 0.0698 e. The van der Waals surface area contributed by atoms with Gasteiger partial charge >= 0.3 is 0 Å². The summed E-state index contributed by atoms with van der Waals surface area (Å²) in [6.45, 7) is 1.10. The van der Waals surface area contributed by atoms with Gasteiger partial charge in [-0.1, -0.05) is 25.7 Å². The molecule has 2 fully saturated rings. The van der Waals surface area contributed by atoms with Crippen molar-refractivity contribution in [2.24, 2.45) is 0 Å². The van der Waals surface area contributed by atoms with Gasteiger partial charge in [-0.25, -0.2) is 0 Å². The monoisotopic (exact) mass is 225 g/mol. The van der Waals surface area contributed by atoms with E-state index in [0.717, 1.165) is 6.54 Å². The molecule has 2 saturated carbocycles. The van der Waals surface area contributed by atoms with Gasteiger partial charge in [0, 0.05) is 0 Å². The fraction of sp³-hybridized carbons (Fsp3) is 1.00. The molecular weight excluding hydrogens is 198 g/mol. The highest BCUT2D eigenvalue weighted by Gasteiger charge is 2.39. The molecule has 0 aromatic heterocycles. The van der Waals surface area contributed by atoms with Crippen LogP contribution < -0.4 is 5.32 Å². The summed E-state index contributed by atoms with van der Waals surface area (Å²) in [5.41, 5.74) is 0.262. The predicted molar refractivity (Wildman–Crippen MR) is 67.7 cm³/mol. The number of rotatable bonds is 5. The van der Waals surface area contributed by atoms with Gasteiger partial charge in [-0.2, -0.15) is 0 Å². The number of hydrogen-bond acceptors (Lipinski definition) is 2. The maximum atomic E-state index is 6.46. The lowest BCUT2D eigenvalue weighted by Gasteiger charge is -2.44. The summed E-state index contributed by atoms with van der Waals surface area (Å²) in [6, 6.07) is 0. The van der Waals surface area contributed by atoms with E-state index in [9.17, 15) is 0 Å². The van der Waals surface area contributed by atoms with E-state index >= 15 is 0 Å². The van der Waals surface area contributed by atoms with Gasteiger partial charge < -0.3 is 10.1 Å². The molecule has 0 saturated heterocycles. The molecule has 0 amide bonds. The Bertz CT molecular complexity index is 193. The highest BCUT2D eigenvalue weighted by Crippen LogP contribution is 2.40. The van der Waals surface area contributed by atoms with Crippen LogP contribution in [0.4, 0.5) is 0 Å². The van der Waals surface area contributed by atoms with E-state index in [-0.39, 0.29) is 5.60 Å². The van der Waals surface area contributed by atoms with Crippen LogP contribution in [0.25, 0.3) is 0 Å². The van der Waals surface area contributed by atoms with Gasteiger partial charge in [0.25, 0.3) is 0 Å².